The van der Waals surface area contributed by atoms with Crippen molar-refractivity contribution in [2.75, 3.05) is 0 Å². The lowest BCUT2D eigenvalue weighted by Gasteiger charge is -2.22. The second-order valence-electron chi connectivity index (χ2n) is 6.04. The van der Waals surface area contributed by atoms with Crippen LogP contribution in [0.2, 0.25) is 0 Å². The van der Waals surface area contributed by atoms with Crippen molar-refractivity contribution in [3.05, 3.63) is 112 Å². The maximum atomic E-state index is 11.1. The SMILES string of the molecule is O=[N+]([O-])c1cccc(C2N=C(c3ccccc3)NC(c3ccccc3)=N2)c1. The number of nitrogens with one attached hydrogen (secondary N) is 1. The number of aliphatic imine (C=N–C) groups is 2. The first-order valence-corrected chi connectivity index (χ1v) is 8.48. The van der Waals surface area contributed by atoms with E-state index in [4.69, 9.17) is 9.98 Å². The predicted octanol–water partition coefficient (Wildman–Crippen LogP) is 4.09. The highest BCUT2D eigenvalue weighted by atomic mass is 16.6. The van der Waals surface area contributed by atoms with Gasteiger partial charge in [-0.3, -0.25) is 10.1 Å². The lowest BCUT2D eigenvalue weighted by molar-refractivity contribution is -0.384. The molecule has 1 aliphatic heterocycles. The van der Waals surface area contributed by atoms with E-state index in [-0.39, 0.29) is 5.69 Å². The standard InChI is InChI=1S/C21H16N4O2/c26-25(27)18-13-7-12-17(14-18)21-23-19(15-8-3-1-4-9-15)22-20(24-21)16-10-5-2-6-11-16/h1-14,21H,(H,22,23,24). The number of benzene rings is 3. The summed E-state index contributed by atoms with van der Waals surface area (Å²) >= 11 is 0. The zero-order valence-corrected chi connectivity index (χ0v) is 14.3. The third kappa shape index (κ3) is 3.59. The smallest absolute Gasteiger partial charge is 0.269 e. The Hall–Kier alpha value is -3.80. The van der Waals surface area contributed by atoms with Gasteiger partial charge in [0.1, 0.15) is 11.7 Å². The summed E-state index contributed by atoms with van der Waals surface area (Å²) in [5.74, 6) is 1.36. The summed E-state index contributed by atoms with van der Waals surface area (Å²) < 4.78 is 0. The van der Waals surface area contributed by atoms with Crippen molar-refractivity contribution in [3.63, 3.8) is 0 Å². The fraction of sp³-hybridized carbons (Fsp3) is 0.0476. The average Bonchev–Trinajstić information content (AvgIpc) is 2.75. The third-order valence-corrected chi connectivity index (χ3v) is 4.21. The molecule has 0 amide bonds. The van der Waals surface area contributed by atoms with Gasteiger partial charge in [-0.25, -0.2) is 9.98 Å². The molecule has 1 heterocycles. The second kappa shape index (κ2) is 7.21. The van der Waals surface area contributed by atoms with Crippen molar-refractivity contribution in [2.45, 2.75) is 6.17 Å². The van der Waals surface area contributed by atoms with Gasteiger partial charge in [0, 0.05) is 28.8 Å². The van der Waals surface area contributed by atoms with E-state index in [1.54, 1.807) is 12.1 Å². The molecule has 0 spiro atoms. The Bertz CT molecular complexity index is 975. The van der Waals surface area contributed by atoms with E-state index in [9.17, 15) is 10.1 Å². The normalized spacial score (nSPS) is 14.1. The minimum atomic E-state index is -0.559. The molecule has 0 saturated heterocycles. The van der Waals surface area contributed by atoms with Gasteiger partial charge in [-0.05, 0) is 0 Å². The fourth-order valence-electron chi connectivity index (χ4n) is 2.88. The minimum absolute atomic E-state index is 0.0268. The highest BCUT2D eigenvalue weighted by molar-refractivity contribution is 6.15. The first kappa shape index (κ1) is 16.7. The Labute approximate surface area is 156 Å². The number of non-ortho nitro benzene ring substituents is 1. The first-order valence-electron chi connectivity index (χ1n) is 8.48. The van der Waals surface area contributed by atoms with E-state index >= 15 is 0 Å². The van der Waals surface area contributed by atoms with E-state index in [1.807, 2.05) is 60.7 Å². The average molecular weight is 356 g/mol. The van der Waals surface area contributed by atoms with Crippen LogP contribution in [0, 0.1) is 10.1 Å². The molecule has 4 rings (SSSR count). The summed E-state index contributed by atoms with van der Waals surface area (Å²) in [5.41, 5.74) is 2.55. The fourth-order valence-corrected chi connectivity index (χ4v) is 2.88. The molecule has 0 atom stereocenters. The molecule has 3 aromatic carbocycles. The molecule has 1 aliphatic rings. The van der Waals surface area contributed by atoms with Crippen LogP contribution in [0.4, 0.5) is 5.69 Å². The molecule has 1 N–H and O–H groups in total. The summed E-state index contributed by atoms with van der Waals surface area (Å²) in [6.07, 6.45) is -0.559. The summed E-state index contributed by atoms with van der Waals surface area (Å²) in [6, 6.07) is 25.9. The molecule has 6 heteroatoms. The maximum Gasteiger partial charge on any atom is 0.269 e. The number of hydrogen-bond acceptors (Lipinski definition) is 5. The van der Waals surface area contributed by atoms with Gasteiger partial charge in [-0.2, -0.15) is 0 Å². The van der Waals surface area contributed by atoms with Gasteiger partial charge in [0.15, 0.2) is 6.17 Å². The number of amidine groups is 2. The van der Waals surface area contributed by atoms with Gasteiger partial charge in [0.05, 0.1) is 4.92 Å². The maximum absolute atomic E-state index is 11.1. The van der Waals surface area contributed by atoms with Crippen molar-refractivity contribution >= 4 is 17.4 Å². The topological polar surface area (TPSA) is 79.9 Å². The van der Waals surface area contributed by atoms with Crippen molar-refractivity contribution in [3.8, 4) is 0 Å². The van der Waals surface area contributed by atoms with Crippen molar-refractivity contribution < 1.29 is 4.92 Å². The van der Waals surface area contributed by atoms with Crippen molar-refractivity contribution in [1.82, 2.24) is 5.32 Å². The van der Waals surface area contributed by atoms with E-state index in [0.717, 1.165) is 11.1 Å². The molecule has 27 heavy (non-hydrogen) atoms. The molecule has 0 bridgehead atoms. The largest absolute Gasteiger partial charge is 0.324 e. The summed E-state index contributed by atoms with van der Waals surface area (Å²) in [7, 11) is 0. The monoisotopic (exact) mass is 356 g/mol. The quantitative estimate of drug-likeness (QED) is 0.565. The Morgan fingerprint density at radius 3 is 1.85 bits per heavy atom. The molecular weight excluding hydrogens is 340 g/mol. The third-order valence-electron chi connectivity index (χ3n) is 4.21. The molecule has 0 aliphatic carbocycles. The summed E-state index contributed by atoms with van der Waals surface area (Å²) in [6.45, 7) is 0. The van der Waals surface area contributed by atoms with Gasteiger partial charge >= 0.3 is 0 Å². The molecule has 0 fully saturated rings. The molecule has 3 aromatic rings. The highest BCUT2D eigenvalue weighted by Crippen LogP contribution is 2.26. The number of rotatable bonds is 4. The lowest BCUT2D eigenvalue weighted by atomic mass is 10.1. The molecule has 0 unspecified atom stereocenters. The number of nitro groups is 1. The predicted molar refractivity (Wildman–Crippen MR) is 105 cm³/mol. The molecular formula is C21H16N4O2. The van der Waals surface area contributed by atoms with E-state index in [2.05, 4.69) is 5.32 Å². The molecule has 6 nitrogen and oxygen atoms in total. The van der Waals surface area contributed by atoms with Crippen LogP contribution in [0.1, 0.15) is 22.9 Å². The molecule has 132 valence electrons. The van der Waals surface area contributed by atoms with Gasteiger partial charge in [-0.15, -0.1) is 0 Å². The zero-order valence-electron chi connectivity index (χ0n) is 14.3. The first-order chi connectivity index (χ1) is 13.2. The van der Waals surface area contributed by atoms with Crippen LogP contribution in [-0.4, -0.2) is 16.6 Å². The van der Waals surface area contributed by atoms with Crippen LogP contribution in [0.25, 0.3) is 0 Å². The zero-order chi connectivity index (χ0) is 18.6. The number of nitro benzene ring substituents is 1. The summed E-state index contributed by atoms with van der Waals surface area (Å²) in [4.78, 5) is 20.1. The van der Waals surface area contributed by atoms with E-state index in [1.165, 1.54) is 12.1 Å². The van der Waals surface area contributed by atoms with Crippen LogP contribution >= 0.6 is 0 Å². The van der Waals surface area contributed by atoms with Gasteiger partial charge < -0.3 is 5.32 Å². The second-order valence-corrected chi connectivity index (χ2v) is 6.04. The minimum Gasteiger partial charge on any atom is -0.324 e. The Kier molecular flexibility index (Phi) is 4.45. The Morgan fingerprint density at radius 1 is 0.778 bits per heavy atom. The summed E-state index contributed by atoms with van der Waals surface area (Å²) in [5, 5.41) is 14.4. The lowest BCUT2D eigenvalue weighted by Crippen LogP contribution is -2.35. The number of nitrogens with zero attached hydrogens (tertiary/aromatic N) is 3. The van der Waals surface area contributed by atoms with Crippen LogP contribution in [0.15, 0.2) is 94.9 Å². The van der Waals surface area contributed by atoms with Crippen LogP contribution in [0.5, 0.6) is 0 Å². The van der Waals surface area contributed by atoms with E-state index < -0.39 is 11.1 Å². The Balaban J connectivity index is 1.80. The molecule has 0 saturated carbocycles. The van der Waals surface area contributed by atoms with E-state index in [0.29, 0.717) is 17.2 Å². The van der Waals surface area contributed by atoms with Gasteiger partial charge in [0.25, 0.3) is 5.69 Å². The molecule has 0 radical (unpaired) electrons. The number of hydrogen-bond donors (Lipinski definition) is 1. The van der Waals surface area contributed by atoms with Gasteiger partial charge in [0.2, 0.25) is 0 Å². The Morgan fingerprint density at radius 2 is 1.33 bits per heavy atom. The highest BCUT2D eigenvalue weighted by Gasteiger charge is 2.21. The van der Waals surface area contributed by atoms with Crippen molar-refractivity contribution in [1.29, 1.82) is 0 Å². The van der Waals surface area contributed by atoms with Crippen LogP contribution in [0.3, 0.4) is 0 Å². The van der Waals surface area contributed by atoms with Crippen molar-refractivity contribution in [2.24, 2.45) is 9.98 Å². The molecule has 0 aromatic heterocycles. The van der Waals surface area contributed by atoms with Gasteiger partial charge in [-0.1, -0.05) is 72.8 Å². The van der Waals surface area contributed by atoms with Crippen LogP contribution < -0.4 is 5.32 Å². The van der Waals surface area contributed by atoms with Crippen LogP contribution in [-0.2, 0) is 0 Å².